The number of hydrogen-bond donors (Lipinski definition) is 1. The Morgan fingerprint density at radius 1 is 1.06 bits per heavy atom. The number of carbonyl (C=O) groups is 1. The Kier molecular flexibility index (Phi) is 2.73. The van der Waals surface area contributed by atoms with Crippen LogP contribution >= 0.6 is 0 Å². The van der Waals surface area contributed by atoms with E-state index in [2.05, 4.69) is 15.0 Å². The van der Waals surface area contributed by atoms with Crippen molar-refractivity contribution in [1.29, 1.82) is 0 Å². The molecule has 80 valence electrons. The first-order chi connectivity index (χ1) is 7.79. The highest BCUT2D eigenvalue weighted by atomic mass is 16.2. The van der Waals surface area contributed by atoms with Gasteiger partial charge in [-0.1, -0.05) is 6.07 Å². The molecular formula is C10H9N5O. The van der Waals surface area contributed by atoms with Gasteiger partial charge in [-0.15, -0.1) is 0 Å². The summed E-state index contributed by atoms with van der Waals surface area (Å²) >= 11 is 0. The number of hydrogen-bond acceptors (Lipinski definition) is 4. The molecule has 0 spiro atoms. The van der Waals surface area contributed by atoms with Crippen molar-refractivity contribution in [3.63, 3.8) is 0 Å². The molecule has 2 aromatic rings. The number of nitrogens with two attached hydrogens (primary N) is 1. The van der Waals surface area contributed by atoms with Crippen LogP contribution in [0.4, 0.5) is 16.6 Å². The number of rotatable bonds is 2. The number of anilines is 2. The van der Waals surface area contributed by atoms with Crippen LogP contribution in [0.5, 0.6) is 0 Å². The quantitative estimate of drug-likeness (QED) is 0.812. The topological polar surface area (TPSA) is 85.0 Å². The molecule has 6 nitrogen and oxygen atoms in total. The van der Waals surface area contributed by atoms with Crippen molar-refractivity contribution >= 4 is 17.8 Å². The zero-order valence-corrected chi connectivity index (χ0v) is 8.32. The Morgan fingerprint density at radius 2 is 1.75 bits per heavy atom. The van der Waals surface area contributed by atoms with Gasteiger partial charge in [0.05, 0.1) is 0 Å². The lowest BCUT2D eigenvalue weighted by Gasteiger charge is -2.16. The minimum atomic E-state index is -0.676. The maximum absolute atomic E-state index is 11.3. The molecule has 0 atom stereocenters. The molecule has 2 heterocycles. The van der Waals surface area contributed by atoms with Crippen molar-refractivity contribution in [3.05, 3.63) is 42.9 Å². The van der Waals surface area contributed by atoms with Gasteiger partial charge >= 0.3 is 6.03 Å². The van der Waals surface area contributed by atoms with Crippen LogP contribution in [-0.2, 0) is 0 Å². The highest BCUT2D eigenvalue weighted by Crippen LogP contribution is 2.17. The van der Waals surface area contributed by atoms with Crippen molar-refractivity contribution in [2.24, 2.45) is 5.73 Å². The van der Waals surface area contributed by atoms with Crippen LogP contribution < -0.4 is 10.6 Å². The predicted octanol–water partition coefficient (Wildman–Crippen LogP) is 1.09. The SMILES string of the molecule is NC(=O)N(c1ccccn1)c1ncccn1. The normalized spacial score (nSPS) is 9.75. The van der Waals surface area contributed by atoms with Gasteiger partial charge in [0, 0.05) is 18.6 Å². The third-order valence-corrected chi connectivity index (χ3v) is 1.85. The largest absolute Gasteiger partial charge is 0.351 e. The number of carbonyl (C=O) groups excluding carboxylic acids is 1. The first kappa shape index (κ1) is 10.0. The predicted molar refractivity (Wildman–Crippen MR) is 58.0 cm³/mol. The third-order valence-electron chi connectivity index (χ3n) is 1.85. The van der Waals surface area contributed by atoms with E-state index in [-0.39, 0.29) is 5.95 Å². The fourth-order valence-corrected chi connectivity index (χ4v) is 1.21. The van der Waals surface area contributed by atoms with Gasteiger partial charge < -0.3 is 5.73 Å². The first-order valence-electron chi connectivity index (χ1n) is 4.56. The van der Waals surface area contributed by atoms with E-state index >= 15 is 0 Å². The molecule has 16 heavy (non-hydrogen) atoms. The van der Waals surface area contributed by atoms with E-state index < -0.39 is 6.03 Å². The number of nitrogens with zero attached hydrogens (tertiary/aromatic N) is 4. The standard InChI is InChI=1S/C10H9N5O/c11-9(16)15(8-4-1-2-5-12-8)10-13-6-3-7-14-10/h1-7H,(H2,11,16). The molecule has 2 aromatic heterocycles. The van der Waals surface area contributed by atoms with E-state index in [0.717, 1.165) is 4.90 Å². The lowest BCUT2D eigenvalue weighted by Crippen LogP contribution is -2.33. The summed E-state index contributed by atoms with van der Waals surface area (Å²) in [5, 5.41) is 0. The molecule has 0 fully saturated rings. The molecule has 0 aliphatic heterocycles. The average Bonchev–Trinajstić information content (AvgIpc) is 2.31. The lowest BCUT2D eigenvalue weighted by atomic mass is 10.4. The van der Waals surface area contributed by atoms with E-state index in [0.29, 0.717) is 5.82 Å². The molecule has 2 N–H and O–H groups in total. The van der Waals surface area contributed by atoms with Crippen LogP contribution in [0, 0.1) is 0 Å². The second kappa shape index (κ2) is 4.35. The summed E-state index contributed by atoms with van der Waals surface area (Å²) in [6.07, 6.45) is 4.62. The lowest BCUT2D eigenvalue weighted by molar-refractivity contribution is 0.255. The summed E-state index contributed by atoms with van der Waals surface area (Å²) in [5.41, 5.74) is 5.27. The van der Waals surface area contributed by atoms with Gasteiger partial charge in [0.25, 0.3) is 0 Å². The summed E-state index contributed by atoms with van der Waals surface area (Å²) in [7, 11) is 0. The van der Waals surface area contributed by atoms with E-state index in [1.165, 1.54) is 12.4 Å². The fraction of sp³-hybridized carbons (Fsp3) is 0. The van der Waals surface area contributed by atoms with E-state index in [4.69, 9.17) is 5.73 Å². The smallest absolute Gasteiger partial charge is 0.327 e. The van der Waals surface area contributed by atoms with Crippen LogP contribution in [0.15, 0.2) is 42.9 Å². The first-order valence-corrected chi connectivity index (χ1v) is 4.56. The highest BCUT2D eigenvalue weighted by molar-refractivity contribution is 5.95. The molecule has 0 saturated heterocycles. The van der Waals surface area contributed by atoms with Crippen molar-refractivity contribution in [1.82, 2.24) is 15.0 Å². The average molecular weight is 215 g/mol. The zero-order valence-electron chi connectivity index (χ0n) is 8.32. The van der Waals surface area contributed by atoms with Gasteiger partial charge in [-0.25, -0.2) is 24.6 Å². The summed E-state index contributed by atoms with van der Waals surface area (Å²) in [6.45, 7) is 0. The van der Waals surface area contributed by atoms with E-state index in [9.17, 15) is 4.79 Å². The van der Waals surface area contributed by atoms with Crippen LogP contribution in [0.2, 0.25) is 0 Å². The van der Waals surface area contributed by atoms with Crippen LogP contribution in [0.3, 0.4) is 0 Å². The Labute approximate surface area is 91.8 Å². The maximum atomic E-state index is 11.3. The van der Waals surface area contributed by atoms with Crippen LogP contribution in [-0.4, -0.2) is 21.0 Å². The molecule has 0 unspecified atom stereocenters. The number of primary amides is 1. The minimum absolute atomic E-state index is 0.203. The van der Waals surface area contributed by atoms with Gasteiger partial charge in [-0.2, -0.15) is 0 Å². The van der Waals surface area contributed by atoms with Crippen molar-refractivity contribution in [3.8, 4) is 0 Å². The molecule has 2 rings (SSSR count). The zero-order chi connectivity index (χ0) is 11.4. The van der Waals surface area contributed by atoms with Gasteiger partial charge in [-0.3, -0.25) is 0 Å². The Morgan fingerprint density at radius 3 is 2.31 bits per heavy atom. The summed E-state index contributed by atoms with van der Waals surface area (Å²) < 4.78 is 0. The molecular weight excluding hydrogens is 206 g/mol. The van der Waals surface area contributed by atoms with Crippen molar-refractivity contribution < 1.29 is 4.79 Å². The Hall–Kier alpha value is -2.50. The second-order valence-electron chi connectivity index (χ2n) is 2.91. The summed E-state index contributed by atoms with van der Waals surface area (Å²) in [5.74, 6) is 0.593. The van der Waals surface area contributed by atoms with Gasteiger partial charge in [0.2, 0.25) is 5.95 Å². The number of amides is 2. The fourth-order valence-electron chi connectivity index (χ4n) is 1.21. The monoisotopic (exact) mass is 215 g/mol. The summed E-state index contributed by atoms with van der Waals surface area (Å²) in [4.78, 5) is 24.4. The van der Waals surface area contributed by atoms with Crippen molar-refractivity contribution in [2.75, 3.05) is 4.90 Å². The molecule has 0 saturated carbocycles. The van der Waals surface area contributed by atoms with Gasteiger partial charge in [0.1, 0.15) is 5.82 Å². The minimum Gasteiger partial charge on any atom is -0.351 e. The molecule has 0 aromatic carbocycles. The number of urea groups is 1. The Bertz CT molecular complexity index is 434. The molecule has 0 aliphatic carbocycles. The Balaban J connectivity index is 2.44. The summed E-state index contributed by atoms with van der Waals surface area (Å²) in [6, 6.07) is 6.13. The highest BCUT2D eigenvalue weighted by Gasteiger charge is 2.17. The van der Waals surface area contributed by atoms with E-state index in [1.807, 2.05) is 0 Å². The molecule has 0 aliphatic rings. The number of aromatic nitrogens is 3. The van der Waals surface area contributed by atoms with Crippen molar-refractivity contribution in [2.45, 2.75) is 0 Å². The molecule has 2 amide bonds. The van der Waals surface area contributed by atoms with Crippen LogP contribution in [0.1, 0.15) is 0 Å². The molecule has 0 radical (unpaired) electrons. The third kappa shape index (κ3) is 1.95. The second-order valence-corrected chi connectivity index (χ2v) is 2.91. The van der Waals surface area contributed by atoms with Gasteiger partial charge in [0.15, 0.2) is 0 Å². The molecule has 0 bridgehead atoms. The maximum Gasteiger partial charge on any atom is 0.327 e. The number of pyridine rings is 1. The molecule has 6 heteroatoms. The van der Waals surface area contributed by atoms with E-state index in [1.54, 1.807) is 30.5 Å². The van der Waals surface area contributed by atoms with Gasteiger partial charge in [-0.05, 0) is 18.2 Å². The van der Waals surface area contributed by atoms with Crippen LogP contribution in [0.25, 0.3) is 0 Å².